The number of rotatable bonds is 4. The summed E-state index contributed by atoms with van der Waals surface area (Å²) in [5, 5.41) is 12.8. The zero-order valence-electron chi connectivity index (χ0n) is 15.1. The number of halogens is 5. The van der Waals surface area contributed by atoms with Crippen LogP contribution in [0.4, 0.5) is 17.6 Å². The number of hydrogen-bond acceptors (Lipinski definition) is 4. The van der Waals surface area contributed by atoms with E-state index in [1.54, 1.807) is 12.1 Å². The first kappa shape index (κ1) is 21.4. The number of alkyl halides is 4. The lowest BCUT2D eigenvalue weighted by molar-refractivity contribution is -0.137. The van der Waals surface area contributed by atoms with E-state index in [2.05, 4.69) is 15.3 Å². The van der Waals surface area contributed by atoms with Crippen molar-refractivity contribution >= 4 is 17.5 Å². The molecule has 1 saturated carbocycles. The minimum absolute atomic E-state index is 0.0672. The molecular weight excluding hydrogens is 414 g/mol. The number of carbonyl (C=O) groups is 1. The molecule has 0 saturated heterocycles. The fourth-order valence-corrected chi connectivity index (χ4v) is 3.77. The van der Waals surface area contributed by atoms with Crippen molar-refractivity contribution in [3.05, 3.63) is 58.6 Å². The quantitative estimate of drug-likeness (QED) is 0.709. The van der Waals surface area contributed by atoms with Gasteiger partial charge in [0.2, 0.25) is 0 Å². The molecule has 156 valence electrons. The third kappa shape index (κ3) is 4.67. The maximum Gasteiger partial charge on any atom is 0.417 e. The van der Waals surface area contributed by atoms with Crippen molar-refractivity contribution in [2.75, 3.05) is 0 Å². The summed E-state index contributed by atoms with van der Waals surface area (Å²) in [5.41, 5.74) is -2.86. The van der Waals surface area contributed by atoms with Crippen molar-refractivity contribution in [2.24, 2.45) is 0 Å². The highest BCUT2D eigenvalue weighted by Gasteiger charge is 2.43. The molecule has 1 unspecified atom stereocenters. The van der Waals surface area contributed by atoms with Gasteiger partial charge in [0.1, 0.15) is 11.9 Å². The molecule has 1 atom stereocenters. The van der Waals surface area contributed by atoms with E-state index in [1.807, 2.05) is 0 Å². The Kier molecular flexibility index (Phi) is 6.09. The number of nitrogens with one attached hydrogen (secondary N) is 1. The van der Waals surface area contributed by atoms with Gasteiger partial charge in [-0.2, -0.15) is 13.2 Å². The third-order valence-corrected chi connectivity index (χ3v) is 5.40. The number of aromatic nitrogens is 2. The smallest absolute Gasteiger partial charge is 0.387 e. The Bertz CT molecular complexity index is 872. The van der Waals surface area contributed by atoms with Crippen LogP contribution in [0, 0.1) is 0 Å². The third-order valence-electron chi connectivity index (χ3n) is 5.02. The number of aliphatic hydroxyl groups is 1. The molecule has 1 aliphatic carbocycles. The first-order valence-corrected chi connectivity index (χ1v) is 9.28. The summed E-state index contributed by atoms with van der Waals surface area (Å²) in [5.74, 6) is -0.981. The molecule has 10 heteroatoms. The Hall–Kier alpha value is -2.26. The maximum absolute atomic E-state index is 13.6. The van der Waals surface area contributed by atoms with E-state index in [4.69, 9.17) is 11.6 Å². The van der Waals surface area contributed by atoms with Gasteiger partial charge in [-0.1, -0.05) is 17.7 Å². The summed E-state index contributed by atoms with van der Waals surface area (Å²) in [6, 6.07) is 2.85. The van der Waals surface area contributed by atoms with Gasteiger partial charge >= 0.3 is 6.18 Å². The number of amides is 1. The molecule has 0 aliphatic heterocycles. The molecular formula is C19H18ClF4N3O2. The van der Waals surface area contributed by atoms with Crippen molar-refractivity contribution in [3.63, 3.8) is 0 Å². The molecule has 2 aromatic rings. The highest BCUT2D eigenvalue weighted by atomic mass is 35.5. The summed E-state index contributed by atoms with van der Waals surface area (Å²) in [4.78, 5) is 20.4. The minimum Gasteiger partial charge on any atom is -0.387 e. The molecule has 1 aliphatic rings. The average Bonchev–Trinajstić information content (AvgIpc) is 2.68. The zero-order chi connectivity index (χ0) is 21.2. The van der Waals surface area contributed by atoms with E-state index >= 15 is 0 Å². The molecule has 0 bridgehead atoms. The van der Waals surface area contributed by atoms with Gasteiger partial charge in [-0.15, -0.1) is 0 Å². The Labute approximate surface area is 169 Å². The van der Waals surface area contributed by atoms with Crippen molar-refractivity contribution in [1.82, 2.24) is 15.3 Å². The lowest BCUT2D eigenvalue weighted by Crippen LogP contribution is -2.48. The van der Waals surface area contributed by atoms with E-state index in [9.17, 15) is 27.5 Å². The van der Waals surface area contributed by atoms with Crippen LogP contribution in [0.15, 0.2) is 36.8 Å². The number of hydrogen-bond donors (Lipinski definition) is 2. The van der Waals surface area contributed by atoms with Crippen LogP contribution in [0.2, 0.25) is 5.02 Å². The van der Waals surface area contributed by atoms with Gasteiger partial charge in [-0.3, -0.25) is 9.78 Å². The topological polar surface area (TPSA) is 75.1 Å². The fraction of sp³-hybridized carbons (Fsp3) is 0.421. The zero-order valence-corrected chi connectivity index (χ0v) is 15.8. The van der Waals surface area contributed by atoms with Crippen molar-refractivity contribution in [3.8, 4) is 0 Å². The van der Waals surface area contributed by atoms with Gasteiger partial charge in [0, 0.05) is 18.6 Å². The maximum atomic E-state index is 13.6. The van der Waals surface area contributed by atoms with Crippen LogP contribution in [-0.2, 0) is 6.18 Å². The average molecular weight is 432 g/mol. The van der Waals surface area contributed by atoms with Gasteiger partial charge in [-0.05, 0) is 43.4 Å². The Balaban J connectivity index is 1.94. The molecule has 2 aromatic heterocycles. The molecule has 3 rings (SSSR count). The lowest BCUT2D eigenvalue weighted by Gasteiger charge is -2.40. The van der Waals surface area contributed by atoms with Crippen molar-refractivity contribution in [1.29, 1.82) is 0 Å². The molecule has 2 N–H and O–H groups in total. The van der Waals surface area contributed by atoms with Gasteiger partial charge in [-0.25, -0.2) is 9.37 Å². The van der Waals surface area contributed by atoms with E-state index in [1.165, 1.54) is 12.4 Å². The summed E-state index contributed by atoms with van der Waals surface area (Å²) in [7, 11) is 0. The van der Waals surface area contributed by atoms with Crippen molar-refractivity contribution < 1.29 is 27.5 Å². The Morgan fingerprint density at radius 1 is 1.28 bits per heavy atom. The molecule has 2 heterocycles. The summed E-state index contributed by atoms with van der Waals surface area (Å²) in [6.45, 7) is 0. The van der Waals surface area contributed by atoms with Crippen LogP contribution in [-0.4, -0.2) is 32.8 Å². The second kappa shape index (κ2) is 8.23. The van der Waals surface area contributed by atoms with Gasteiger partial charge < -0.3 is 10.4 Å². The molecule has 29 heavy (non-hydrogen) atoms. The van der Waals surface area contributed by atoms with Gasteiger partial charge in [0.15, 0.2) is 0 Å². The highest BCUT2D eigenvalue weighted by molar-refractivity contribution is 6.34. The summed E-state index contributed by atoms with van der Waals surface area (Å²) in [6.07, 6.45) is -1.71. The summed E-state index contributed by atoms with van der Waals surface area (Å²) >= 11 is 5.79. The van der Waals surface area contributed by atoms with E-state index in [0.717, 1.165) is 6.20 Å². The lowest BCUT2D eigenvalue weighted by atomic mass is 9.76. The largest absolute Gasteiger partial charge is 0.417 e. The van der Waals surface area contributed by atoms with Gasteiger partial charge in [0.05, 0.1) is 22.2 Å². The van der Waals surface area contributed by atoms with E-state index in [0.29, 0.717) is 11.6 Å². The van der Waals surface area contributed by atoms with Gasteiger partial charge in [0.25, 0.3) is 5.91 Å². The van der Waals surface area contributed by atoms with Crippen LogP contribution < -0.4 is 5.32 Å². The molecule has 0 spiro atoms. The number of nitrogens with zero attached hydrogens (tertiary/aromatic N) is 2. The molecule has 1 fully saturated rings. The van der Waals surface area contributed by atoms with Crippen molar-refractivity contribution in [2.45, 2.75) is 49.7 Å². The highest BCUT2D eigenvalue weighted by Crippen LogP contribution is 2.40. The van der Waals surface area contributed by atoms with Crippen LogP contribution in [0.1, 0.15) is 53.3 Å². The first-order valence-electron chi connectivity index (χ1n) is 8.91. The minimum atomic E-state index is -4.75. The fourth-order valence-electron chi connectivity index (χ4n) is 3.47. The SMILES string of the molecule is O=C(NC(c1cccnc1)[C@]1(O)CC[C@@H](F)CC1)c1nccc(C(F)(F)F)c1Cl. The van der Waals surface area contributed by atoms with Crippen LogP contribution in [0.3, 0.4) is 0 Å². The molecule has 0 aromatic carbocycles. The van der Waals surface area contributed by atoms with E-state index < -0.39 is 46.2 Å². The standard InChI is InChI=1S/C19H18ClF4N3O2/c20-14-13(19(22,23)24)5-9-26-15(14)17(28)27-16(11-2-1-8-25-10-11)18(29)6-3-12(21)4-7-18/h1-2,5,8-10,12,16,29H,3-4,6-7H2,(H,27,28)/t12-,16?,18+. The molecule has 5 nitrogen and oxygen atoms in total. The summed E-state index contributed by atoms with van der Waals surface area (Å²) < 4.78 is 52.8. The number of carbonyl (C=O) groups excluding carboxylic acids is 1. The normalized spacial score (nSPS) is 23.4. The van der Waals surface area contributed by atoms with Crippen LogP contribution >= 0.6 is 11.6 Å². The predicted octanol–water partition coefficient (Wildman–Crippen LogP) is 4.26. The predicted molar refractivity (Wildman–Crippen MR) is 97.0 cm³/mol. The second-order valence-electron chi connectivity index (χ2n) is 6.99. The Morgan fingerprint density at radius 2 is 1.97 bits per heavy atom. The number of pyridine rings is 2. The molecule has 0 radical (unpaired) electrons. The van der Waals surface area contributed by atoms with Crippen LogP contribution in [0.25, 0.3) is 0 Å². The van der Waals surface area contributed by atoms with E-state index in [-0.39, 0.29) is 25.7 Å². The first-order chi connectivity index (χ1) is 13.6. The second-order valence-corrected chi connectivity index (χ2v) is 7.37. The monoisotopic (exact) mass is 431 g/mol. The molecule has 1 amide bonds. The van der Waals surface area contributed by atoms with Crippen LogP contribution in [0.5, 0.6) is 0 Å². The Morgan fingerprint density at radius 3 is 2.55 bits per heavy atom.